The van der Waals surface area contributed by atoms with Crippen molar-refractivity contribution < 1.29 is 19.1 Å². The number of carbonyl (C=O) groups is 2. The number of hydrogen-bond donors (Lipinski definition) is 0. The molecule has 0 saturated heterocycles. The Balaban J connectivity index is 1.21. The van der Waals surface area contributed by atoms with E-state index in [2.05, 4.69) is 86.6 Å². The van der Waals surface area contributed by atoms with Gasteiger partial charge in [-0.05, 0) is 115 Å². The first-order chi connectivity index (χ1) is 32.5. The van der Waals surface area contributed by atoms with Crippen LogP contribution >= 0.6 is 0 Å². The molecule has 0 fully saturated rings. The molecule has 4 heteroatoms. The summed E-state index contributed by atoms with van der Waals surface area (Å²) in [7, 11) is 0. The van der Waals surface area contributed by atoms with Gasteiger partial charge in [-0.25, -0.2) is 9.59 Å². The molecule has 0 N–H and O–H groups in total. The summed E-state index contributed by atoms with van der Waals surface area (Å²) in [6.45, 7) is 4.49. The standard InChI is InChI=1S/C62H54O4/c1-3-5-7-9-19-41-29-35-53-55(37-41)57(49-25-15-17-27-51(49)59(53)65-61(63)47-33-31-43-21-11-13-23-45(43)39-47)58-50-26-16-18-28-52(50)60(54-36-30-42(38-56(54)58)20-10-8-6-4-2)66-62(64)48-34-32-44-22-12-14-24-46(44)40-48/h11-18,21-40H,3-10,19-20H2,1-2H3. The molecule has 0 heterocycles. The lowest BCUT2D eigenvalue weighted by molar-refractivity contribution is 0.0730. The van der Waals surface area contributed by atoms with E-state index in [1.165, 1.54) is 49.7 Å². The quantitative estimate of drug-likeness (QED) is 0.0446. The molecule has 0 radical (unpaired) electrons. The fraction of sp³-hybridized carbons (Fsp3) is 0.194. The predicted octanol–water partition coefficient (Wildman–Crippen LogP) is 17.0. The van der Waals surface area contributed by atoms with Crippen LogP contribution in [0.15, 0.2) is 170 Å². The monoisotopic (exact) mass is 862 g/mol. The minimum atomic E-state index is -0.398. The Morgan fingerprint density at radius 2 is 0.727 bits per heavy atom. The summed E-state index contributed by atoms with van der Waals surface area (Å²) in [5.74, 6) is 0.298. The average Bonchev–Trinajstić information content (AvgIpc) is 3.36. The molecule has 66 heavy (non-hydrogen) atoms. The van der Waals surface area contributed by atoms with E-state index in [1.807, 2.05) is 97.1 Å². The van der Waals surface area contributed by atoms with Crippen molar-refractivity contribution in [3.05, 3.63) is 192 Å². The summed E-state index contributed by atoms with van der Waals surface area (Å²) < 4.78 is 13.2. The summed E-state index contributed by atoms with van der Waals surface area (Å²) >= 11 is 0. The molecule has 10 aromatic rings. The van der Waals surface area contributed by atoms with Crippen LogP contribution in [0.4, 0.5) is 0 Å². The van der Waals surface area contributed by atoms with Crippen molar-refractivity contribution in [3.8, 4) is 22.6 Å². The third-order valence-electron chi connectivity index (χ3n) is 13.3. The largest absolute Gasteiger partial charge is 0.422 e. The normalized spacial score (nSPS) is 11.6. The Bertz CT molecular complexity index is 3220. The van der Waals surface area contributed by atoms with Crippen LogP contribution in [0.5, 0.6) is 11.5 Å². The Labute approximate surface area is 386 Å². The second-order valence-corrected chi connectivity index (χ2v) is 17.8. The number of carbonyl (C=O) groups excluding carboxylic acids is 2. The van der Waals surface area contributed by atoms with E-state index in [4.69, 9.17) is 9.47 Å². The lowest BCUT2D eigenvalue weighted by atomic mass is 9.84. The van der Waals surface area contributed by atoms with E-state index in [0.29, 0.717) is 22.6 Å². The summed E-state index contributed by atoms with van der Waals surface area (Å²) in [5, 5.41) is 11.5. The molecule has 0 aliphatic carbocycles. The molecule has 0 amide bonds. The molecule has 4 nitrogen and oxygen atoms in total. The fourth-order valence-corrected chi connectivity index (χ4v) is 9.89. The van der Waals surface area contributed by atoms with Crippen molar-refractivity contribution in [1.29, 1.82) is 0 Å². The molecule has 0 aliphatic rings. The van der Waals surface area contributed by atoms with Crippen LogP contribution in [-0.2, 0) is 12.8 Å². The molecule has 10 aromatic carbocycles. The molecule has 0 bridgehead atoms. The van der Waals surface area contributed by atoms with Crippen molar-refractivity contribution in [2.24, 2.45) is 0 Å². The zero-order valence-corrected chi connectivity index (χ0v) is 37.9. The van der Waals surface area contributed by atoms with Crippen LogP contribution < -0.4 is 9.47 Å². The molecule has 0 unspecified atom stereocenters. The van der Waals surface area contributed by atoms with Gasteiger partial charge in [0.2, 0.25) is 0 Å². The third kappa shape index (κ3) is 8.40. The minimum absolute atomic E-state index is 0.398. The van der Waals surface area contributed by atoms with Crippen molar-refractivity contribution in [2.45, 2.75) is 78.1 Å². The number of fused-ring (bicyclic) bond motifs is 6. The van der Waals surface area contributed by atoms with Crippen LogP contribution in [0, 0.1) is 0 Å². The number of benzene rings is 10. The fourth-order valence-electron chi connectivity index (χ4n) is 9.89. The molecule has 0 aliphatic heterocycles. The molecular weight excluding hydrogens is 809 g/mol. The van der Waals surface area contributed by atoms with E-state index in [9.17, 15) is 9.59 Å². The minimum Gasteiger partial charge on any atom is -0.422 e. The van der Waals surface area contributed by atoms with E-state index in [0.717, 1.165) is 101 Å². The number of hydrogen-bond acceptors (Lipinski definition) is 4. The molecule has 0 spiro atoms. The number of rotatable bonds is 15. The lowest BCUT2D eigenvalue weighted by Crippen LogP contribution is -2.10. The maximum absolute atomic E-state index is 14.3. The van der Waals surface area contributed by atoms with Gasteiger partial charge in [0.05, 0.1) is 11.1 Å². The Kier molecular flexibility index (Phi) is 12.3. The van der Waals surface area contributed by atoms with Gasteiger partial charge >= 0.3 is 11.9 Å². The van der Waals surface area contributed by atoms with Crippen molar-refractivity contribution in [1.82, 2.24) is 0 Å². The smallest absolute Gasteiger partial charge is 0.343 e. The van der Waals surface area contributed by atoms with Crippen LogP contribution in [0.3, 0.4) is 0 Å². The molecule has 0 atom stereocenters. The third-order valence-corrected chi connectivity index (χ3v) is 13.3. The highest BCUT2D eigenvalue weighted by Crippen LogP contribution is 2.50. The van der Waals surface area contributed by atoms with Crippen LogP contribution in [0.2, 0.25) is 0 Å². The van der Waals surface area contributed by atoms with Gasteiger partial charge in [-0.3, -0.25) is 0 Å². The second-order valence-electron chi connectivity index (χ2n) is 17.8. The van der Waals surface area contributed by atoms with Gasteiger partial charge in [0.25, 0.3) is 0 Å². The Morgan fingerprint density at radius 1 is 0.348 bits per heavy atom. The van der Waals surface area contributed by atoms with Crippen LogP contribution in [-0.4, -0.2) is 11.9 Å². The van der Waals surface area contributed by atoms with E-state index >= 15 is 0 Å². The zero-order valence-electron chi connectivity index (χ0n) is 37.9. The topological polar surface area (TPSA) is 52.6 Å². The van der Waals surface area contributed by atoms with Crippen molar-refractivity contribution in [2.75, 3.05) is 0 Å². The summed E-state index contributed by atoms with van der Waals surface area (Å²) in [6, 6.07) is 57.7. The maximum Gasteiger partial charge on any atom is 0.343 e. The zero-order chi connectivity index (χ0) is 45.0. The number of unbranched alkanes of at least 4 members (excludes halogenated alkanes) is 6. The first-order valence-corrected chi connectivity index (χ1v) is 23.9. The van der Waals surface area contributed by atoms with E-state index in [-0.39, 0.29) is 0 Å². The molecular formula is C62H54O4. The van der Waals surface area contributed by atoms with Crippen molar-refractivity contribution >= 4 is 76.6 Å². The van der Waals surface area contributed by atoms with Crippen molar-refractivity contribution in [3.63, 3.8) is 0 Å². The second kappa shape index (κ2) is 19.0. The Morgan fingerprint density at radius 3 is 1.15 bits per heavy atom. The molecule has 326 valence electrons. The van der Waals surface area contributed by atoms with E-state index in [1.54, 1.807) is 0 Å². The highest BCUT2D eigenvalue weighted by atomic mass is 16.5. The molecule has 10 rings (SSSR count). The van der Waals surface area contributed by atoms with Gasteiger partial charge in [0, 0.05) is 21.5 Å². The lowest BCUT2D eigenvalue weighted by Gasteiger charge is -2.22. The highest BCUT2D eigenvalue weighted by molar-refractivity contribution is 6.27. The first-order valence-electron chi connectivity index (χ1n) is 23.9. The SMILES string of the molecule is CCCCCCc1ccc2c(OC(=O)c3ccc4ccccc4c3)c3ccccc3c(-c3c4ccccc4c(OC(=O)c4ccc5ccccc5c4)c4ccc(CCCCCC)cc34)c2c1. The molecule has 0 aromatic heterocycles. The van der Waals surface area contributed by atoms with Gasteiger partial charge in [0.1, 0.15) is 11.5 Å². The van der Waals surface area contributed by atoms with Gasteiger partial charge < -0.3 is 9.47 Å². The van der Waals surface area contributed by atoms with Crippen LogP contribution in [0.1, 0.15) is 97.1 Å². The number of ether oxygens (including phenoxy) is 2. The first kappa shape index (κ1) is 42.6. The van der Waals surface area contributed by atoms with Crippen LogP contribution in [0.25, 0.3) is 75.8 Å². The summed E-state index contributed by atoms with van der Waals surface area (Å²) in [6.07, 6.45) is 11.2. The molecule has 0 saturated carbocycles. The Hall–Kier alpha value is -7.30. The predicted molar refractivity (Wildman–Crippen MR) is 275 cm³/mol. The van der Waals surface area contributed by atoms with Gasteiger partial charge in [-0.2, -0.15) is 0 Å². The van der Waals surface area contributed by atoms with Gasteiger partial charge in [-0.15, -0.1) is 0 Å². The number of aryl methyl sites for hydroxylation is 2. The maximum atomic E-state index is 14.3. The summed E-state index contributed by atoms with van der Waals surface area (Å²) in [5.41, 5.74) is 5.62. The highest BCUT2D eigenvalue weighted by Gasteiger charge is 2.25. The number of esters is 2. The van der Waals surface area contributed by atoms with E-state index < -0.39 is 11.9 Å². The van der Waals surface area contributed by atoms with Gasteiger partial charge in [-0.1, -0.05) is 198 Å². The van der Waals surface area contributed by atoms with Gasteiger partial charge in [0.15, 0.2) is 0 Å². The average molecular weight is 863 g/mol. The summed E-state index contributed by atoms with van der Waals surface area (Å²) in [4.78, 5) is 28.6.